The average molecular weight is 209 g/mol. The molecule has 1 aliphatic carbocycles. The molecule has 0 saturated heterocycles. The molecule has 15 heavy (non-hydrogen) atoms. The molecule has 1 aliphatic rings. The van der Waals surface area contributed by atoms with Gasteiger partial charge >= 0.3 is 0 Å². The molecule has 1 aromatic rings. The van der Waals surface area contributed by atoms with Crippen molar-refractivity contribution < 1.29 is 9.47 Å². The van der Waals surface area contributed by atoms with Crippen molar-refractivity contribution in [3.8, 4) is 11.8 Å². The molecule has 5 nitrogen and oxygen atoms in total. The molecule has 1 fully saturated rings. The zero-order valence-electron chi connectivity index (χ0n) is 8.99. The fourth-order valence-electron chi connectivity index (χ4n) is 1.25. The molecule has 0 aliphatic heterocycles. The quantitative estimate of drug-likeness (QED) is 0.792. The van der Waals surface area contributed by atoms with E-state index in [1.54, 1.807) is 20.3 Å². The molecule has 1 saturated carbocycles. The van der Waals surface area contributed by atoms with Gasteiger partial charge in [0.25, 0.3) is 0 Å². The van der Waals surface area contributed by atoms with E-state index in [9.17, 15) is 0 Å². The van der Waals surface area contributed by atoms with Crippen LogP contribution in [0.5, 0.6) is 11.8 Å². The van der Waals surface area contributed by atoms with E-state index in [0.717, 1.165) is 12.5 Å². The van der Waals surface area contributed by atoms with E-state index in [-0.39, 0.29) is 0 Å². The minimum atomic E-state index is 0.514. The van der Waals surface area contributed by atoms with Crippen LogP contribution in [-0.4, -0.2) is 30.7 Å². The molecule has 0 unspecified atom stereocenters. The molecule has 1 heterocycles. The van der Waals surface area contributed by atoms with Gasteiger partial charge in [0, 0.05) is 6.54 Å². The summed E-state index contributed by atoms with van der Waals surface area (Å²) in [6.45, 7) is 0.927. The lowest BCUT2D eigenvalue weighted by Crippen LogP contribution is -2.08. The average Bonchev–Trinajstić information content (AvgIpc) is 3.09. The SMILES string of the molecule is COc1cc(OC)nc(NCC2CC2)n1. The van der Waals surface area contributed by atoms with Crippen molar-refractivity contribution in [2.24, 2.45) is 5.92 Å². The minimum absolute atomic E-state index is 0.514. The summed E-state index contributed by atoms with van der Waals surface area (Å²) in [4.78, 5) is 8.35. The molecule has 0 atom stereocenters. The van der Waals surface area contributed by atoms with E-state index < -0.39 is 0 Å². The van der Waals surface area contributed by atoms with Gasteiger partial charge in [-0.2, -0.15) is 9.97 Å². The predicted octanol–water partition coefficient (Wildman–Crippen LogP) is 1.32. The summed E-state index contributed by atoms with van der Waals surface area (Å²) in [7, 11) is 3.15. The lowest BCUT2D eigenvalue weighted by molar-refractivity contribution is 0.373. The fraction of sp³-hybridized carbons (Fsp3) is 0.600. The molecule has 0 bridgehead atoms. The summed E-state index contributed by atoms with van der Waals surface area (Å²) in [5.41, 5.74) is 0. The van der Waals surface area contributed by atoms with Crippen molar-refractivity contribution in [3.05, 3.63) is 6.07 Å². The van der Waals surface area contributed by atoms with Crippen LogP contribution in [0.15, 0.2) is 6.07 Å². The van der Waals surface area contributed by atoms with E-state index in [4.69, 9.17) is 9.47 Å². The smallest absolute Gasteiger partial charge is 0.229 e. The molecule has 1 aromatic heterocycles. The molecule has 0 spiro atoms. The highest BCUT2D eigenvalue weighted by molar-refractivity contribution is 5.33. The van der Waals surface area contributed by atoms with Crippen LogP contribution in [0.4, 0.5) is 5.95 Å². The fourth-order valence-corrected chi connectivity index (χ4v) is 1.25. The van der Waals surface area contributed by atoms with Gasteiger partial charge in [0.2, 0.25) is 17.7 Å². The first kappa shape index (κ1) is 10.0. The Morgan fingerprint density at radius 3 is 2.33 bits per heavy atom. The maximum Gasteiger partial charge on any atom is 0.229 e. The number of nitrogens with zero attached hydrogens (tertiary/aromatic N) is 2. The number of rotatable bonds is 5. The van der Waals surface area contributed by atoms with E-state index in [0.29, 0.717) is 17.7 Å². The van der Waals surface area contributed by atoms with Crippen molar-refractivity contribution in [3.63, 3.8) is 0 Å². The van der Waals surface area contributed by atoms with Gasteiger partial charge in [-0.1, -0.05) is 0 Å². The Kier molecular flexibility index (Phi) is 2.89. The molecule has 82 valence electrons. The number of hydrogen-bond donors (Lipinski definition) is 1. The van der Waals surface area contributed by atoms with Crippen LogP contribution >= 0.6 is 0 Å². The maximum absolute atomic E-state index is 5.05. The highest BCUT2D eigenvalue weighted by atomic mass is 16.5. The van der Waals surface area contributed by atoms with Crippen LogP contribution in [0.2, 0.25) is 0 Å². The molecule has 2 rings (SSSR count). The molecular weight excluding hydrogens is 194 g/mol. The third-order valence-corrected chi connectivity index (χ3v) is 2.34. The monoisotopic (exact) mass is 209 g/mol. The summed E-state index contributed by atoms with van der Waals surface area (Å²) in [5, 5.41) is 3.17. The second-order valence-electron chi connectivity index (χ2n) is 3.60. The molecule has 5 heteroatoms. The Balaban J connectivity index is 2.06. The molecular formula is C10H15N3O2. The lowest BCUT2D eigenvalue weighted by Gasteiger charge is -2.07. The van der Waals surface area contributed by atoms with E-state index >= 15 is 0 Å². The first-order valence-electron chi connectivity index (χ1n) is 5.02. The molecule has 1 N–H and O–H groups in total. The van der Waals surface area contributed by atoms with Gasteiger partial charge in [0.05, 0.1) is 20.3 Å². The van der Waals surface area contributed by atoms with Gasteiger partial charge in [0.1, 0.15) is 0 Å². The highest BCUT2D eigenvalue weighted by Crippen LogP contribution is 2.28. The van der Waals surface area contributed by atoms with E-state index in [1.807, 2.05) is 0 Å². The van der Waals surface area contributed by atoms with Crippen molar-refractivity contribution in [2.45, 2.75) is 12.8 Å². The zero-order chi connectivity index (χ0) is 10.7. The van der Waals surface area contributed by atoms with Gasteiger partial charge < -0.3 is 14.8 Å². The van der Waals surface area contributed by atoms with Crippen molar-refractivity contribution in [2.75, 3.05) is 26.1 Å². The number of methoxy groups -OCH3 is 2. The summed E-state index contributed by atoms with van der Waals surface area (Å²) in [5.74, 6) is 2.38. The standard InChI is InChI=1S/C10H15N3O2/c1-14-8-5-9(15-2)13-10(12-8)11-6-7-3-4-7/h5,7H,3-4,6H2,1-2H3,(H,11,12,13). The van der Waals surface area contributed by atoms with Gasteiger partial charge in [-0.25, -0.2) is 0 Å². The Morgan fingerprint density at radius 1 is 1.27 bits per heavy atom. The Hall–Kier alpha value is -1.52. The van der Waals surface area contributed by atoms with Gasteiger partial charge in [0.15, 0.2) is 0 Å². The summed E-state index contributed by atoms with van der Waals surface area (Å²) >= 11 is 0. The van der Waals surface area contributed by atoms with Gasteiger partial charge in [-0.3, -0.25) is 0 Å². The number of anilines is 1. The Labute approximate surface area is 88.8 Å². The number of hydrogen-bond acceptors (Lipinski definition) is 5. The van der Waals surface area contributed by atoms with Crippen molar-refractivity contribution in [1.29, 1.82) is 0 Å². The van der Waals surface area contributed by atoms with E-state index in [2.05, 4.69) is 15.3 Å². The van der Waals surface area contributed by atoms with Crippen molar-refractivity contribution in [1.82, 2.24) is 9.97 Å². The van der Waals surface area contributed by atoms with Crippen molar-refractivity contribution >= 4 is 5.95 Å². The lowest BCUT2D eigenvalue weighted by atomic mass is 10.4. The topological polar surface area (TPSA) is 56.3 Å². The maximum atomic E-state index is 5.05. The van der Waals surface area contributed by atoms with Crippen LogP contribution in [0.25, 0.3) is 0 Å². The second-order valence-corrected chi connectivity index (χ2v) is 3.60. The predicted molar refractivity (Wildman–Crippen MR) is 56.3 cm³/mol. The molecule has 0 radical (unpaired) electrons. The van der Waals surface area contributed by atoms with E-state index in [1.165, 1.54) is 12.8 Å². The summed E-state index contributed by atoms with van der Waals surface area (Å²) < 4.78 is 10.1. The van der Waals surface area contributed by atoms with Gasteiger partial charge in [-0.15, -0.1) is 0 Å². The third kappa shape index (κ3) is 2.71. The largest absolute Gasteiger partial charge is 0.481 e. The van der Waals surface area contributed by atoms with Gasteiger partial charge in [-0.05, 0) is 18.8 Å². The zero-order valence-corrected chi connectivity index (χ0v) is 8.99. The number of ether oxygens (including phenoxy) is 2. The Morgan fingerprint density at radius 2 is 1.87 bits per heavy atom. The van der Waals surface area contributed by atoms with Crippen LogP contribution < -0.4 is 14.8 Å². The minimum Gasteiger partial charge on any atom is -0.481 e. The normalized spacial score (nSPS) is 14.8. The highest BCUT2D eigenvalue weighted by Gasteiger charge is 2.21. The van der Waals surface area contributed by atoms with Crippen LogP contribution in [-0.2, 0) is 0 Å². The van der Waals surface area contributed by atoms with Crippen LogP contribution in [0.1, 0.15) is 12.8 Å². The Bertz CT molecular complexity index is 317. The first-order chi connectivity index (χ1) is 7.31. The molecule has 0 amide bonds. The van der Waals surface area contributed by atoms with Crippen LogP contribution in [0.3, 0.4) is 0 Å². The second kappa shape index (κ2) is 4.33. The third-order valence-electron chi connectivity index (χ3n) is 2.34. The first-order valence-corrected chi connectivity index (χ1v) is 5.02. The summed E-state index contributed by atoms with van der Waals surface area (Å²) in [6, 6.07) is 1.66. The molecule has 0 aromatic carbocycles. The van der Waals surface area contributed by atoms with Crippen LogP contribution in [0, 0.1) is 5.92 Å². The number of aromatic nitrogens is 2. The summed E-state index contributed by atoms with van der Waals surface area (Å²) in [6.07, 6.45) is 2.60. The number of nitrogens with one attached hydrogen (secondary N) is 1.